The average molecular weight is 283 g/mol. The first kappa shape index (κ1) is 17.1. The Kier molecular flexibility index (Phi) is 9.55. The zero-order valence-electron chi connectivity index (χ0n) is 10.1. The van der Waals surface area contributed by atoms with Gasteiger partial charge in [-0.1, -0.05) is 0 Å². The summed E-state index contributed by atoms with van der Waals surface area (Å²) in [5.41, 5.74) is 0. The molecule has 0 N–H and O–H groups in total. The van der Waals surface area contributed by atoms with Gasteiger partial charge in [-0.2, -0.15) is 9.98 Å². The monoisotopic (exact) mass is 283 g/mol. The molecule has 0 saturated carbocycles. The maximum atomic E-state index is 11.2. The lowest BCUT2D eigenvalue weighted by atomic mass is 10.2. The van der Waals surface area contributed by atoms with E-state index in [1.54, 1.807) is 0 Å². The van der Waals surface area contributed by atoms with Crippen molar-refractivity contribution in [2.24, 2.45) is 15.1 Å². The third kappa shape index (κ3) is 9.15. The van der Waals surface area contributed by atoms with Gasteiger partial charge in [0.1, 0.15) is 6.61 Å². The second kappa shape index (κ2) is 11.2. The van der Waals surface area contributed by atoms with Crippen LogP contribution in [-0.4, -0.2) is 43.0 Å². The third-order valence-corrected chi connectivity index (χ3v) is 1.74. The van der Waals surface area contributed by atoms with Crippen molar-refractivity contribution in [3.05, 3.63) is 0 Å². The molecule has 20 heavy (non-hydrogen) atoms. The van der Waals surface area contributed by atoms with Crippen molar-refractivity contribution in [2.45, 2.75) is 25.4 Å². The van der Waals surface area contributed by atoms with Crippen molar-refractivity contribution in [3.8, 4) is 0 Å². The summed E-state index contributed by atoms with van der Waals surface area (Å²) in [7, 11) is 0. The lowest BCUT2D eigenvalue weighted by Crippen LogP contribution is -2.15. The van der Waals surface area contributed by atoms with Crippen LogP contribution in [0.2, 0.25) is 0 Å². The number of carbonyl (C=O) groups excluding carboxylic acids is 5. The largest absolute Gasteiger partial charge is 0.461 e. The average Bonchev–Trinajstić information content (AvgIpc) is 2.43. The van der Waals surface area contributed by atoms with Crippen LogP contribution in [0.1, 0.15) is 19.3 Å². The lowest BCUT2D eigenvalue weighted by molar-refractivity contribution is -0.145. The Hall–Kier alpha value is -2.92. The molecule has 106 valence electrons. The highest BCUT2D eigenvalue weighted by Crippen LogP contribution is 2.01. The molecule has 0 aromatic rings. The van der Waals surface area contributed by atoms with E-state index < -0.39 is 24.7 Å². The Morgan fingerprint density at radius 2 is 1.55 bits per heavy atom. The number of aliphatic imine (C=N–C) groups is 2. The van der Waals surface area contributed by atoms with E-state index in [9.17, 15) is 24.0 Å². The van der Waals surface area contributed by atoms with Crippen LogP contribution in [-0.2, 0) is 33.5 Å². The minimum absolute atomic E-state index is 0.102. The van der Waals surface area contributed by atoms with E-state index in [1.807, 2.05) is 0 Å². The van der Waals surface area contributed by atoms with Crippen LogP contribution in [0.25, 0.3) is 0 Å². The molecule has 0 bridgehead atoms. The molecule has 0 atom stereocenters. The fourth-order valence-electron chi connectivity index (χ4n) is 0.957. The summed E-state index contributed by atoms with van der Waals surface area (Å²) in [5.74, 6) is -1.49. The van der Waals surface area contributed by atoms with Gasteiger partial charge in [0.2, 0.25) is 12.2 Å². The van der Waals surface area contributed by atoms with Gasteiger partial charge in [-0.15, -0.1) is 0 Å². The van der Waals surface area contributed by atoms with Crippen LogP contribution in [0.15, 0.2) is 15.1 Å². The van der Waals surface area contributed by atoms with Gasteiger partial charge in [0.05, 0.1) is 0 Å². The SMILES string of the molecule is O=C=NOC(=O)CCCC(=O)OCC(N=C=O)N=C=O. The van der Waals surface area contributed by atoms with Gasteiger partial charge in [0.15, 0.2) is 6.17 Å². The quantitative estimate of drug-likeness (QED) is 0.182. The molecular weight excluding hydrogens is 274 g/mol. The zero-order valence-corrected chi connectivity index (χ0v) is 10.1. The van der Waals surface area contributed by atoms with Crippen molar-refractivity contribution >= 4 is 30.2 Å². The van der Waals surface area contributed by atoms with Crippen LogP contribution in [0.5, 0.6) is 0 Å². The summed E-state index contributed by atoms with van der Waals surface area (Å²) in [6, 6.07) is 0. The topological polar surface area (TPSA) is 141 Å². The van der Waals surface area contributed by atoms with Gasteiger partial charge in [-0.05, 0) is 6.42 Å². The lowest BCUT2D eigenvalue weighted by Gasteiger charge is -2.05. The van der Waals surface area contributed by atoms with Gasteiger partial charge in [-0.3, -0.25) is 4.79 Å². The van der Waals surface area contributed by atoms with E-state index in [4.69, 9.17) is 0 Å². The fraction of sp³-hybridized carbons (Fsp3) is 0.500. The maximum absolute atomic E-state index is 11.2. The molecule has 0 aliphatic carbocycles. The van der Waals surface area contributed by atoms with Gasteiger partial charge in [-0.25, -0.2) is 19.2 Å². The number of hydrogen-bond acceptors (Lipinski definition) is 10. The number of rotatable bonds is 9. The number of hydrogen-bond donors (Lipinski definition) is 0. The Balaban J connectivity index is 3.93. The highest BCUT2D eigenvalue weighted by Gasteiger charge is 2.11. The molecular formula is C10H9N3O7. The Bertz CT molecular complexity index is 467. The summed E-state index contributed by atoms with van der Waals surface area (Å²) in [5, 5.41) is 2.60. The second-order valence-corrected chi connectivity index (χ2v) is 3.10. The number of isocyanates is 3. The molecule has 10 nitrogen and oxygen atoms in total. The van der Waals surface area contributed by atoms with Crippen LogP contribution in [0, 0.1) is 0 Å². The van der Waals surface area contributed by atoms with Crippen molar-refractivity contribution in [1.29, 1.82) is 0 Å². The first-order valence-corrected chi connectivity index (χ1v) is 5.20. The molecule has 0 heterocycles. The normalized spacial score (nSPS) is 10.0. The standard InChI is InChI=1S/C10H9N3O7/c14-5-11-8(12-6-15)4-19-9(17)2-1-3-10(18)20-13-7-16/h8H,1-4H2. The van der Waals surface area contributed by atoms with Crippen LogP contribution in [0.4, 0.5) is 0 Å². The second-order valence-electron chi connectivity index (χ2n) is 3.10. The number of ether oxygens (including phenoxy) is 1. The van der Waals surface area contributed by atoms with Gasteiger partial charge >= 0.3 is 11.9 Å². The molecule has 0 aliphatic rings. The van der Waals surface area contributed by atoms with Crippen molar-refractivity contribution in [1.82, 2.24) is 0 Å². The first-order valence-electron chi connectivity index (χ1n) is 5.20. The van der Waals surface area contributed by atoms with E-state index in [1.165, 1.54) is 0 Å². The summed E-state index contributed by atoms with van der Waals surface area (Å²) in [4.78, 5) is 61.8. The molecule has 0 aromatic carbocycles. The molecule has 0 radical (unpaired) electrons. The molecule has 10 heteroatoms. The summed E-state index contributed by atoms with van der Waals surface area (Å²) < 4.78 is 4.65. The molecule has 0 saturated heterocycles. The van der Waals surface area contributed by atoms with E-state index in [0.717, 1.165) is 18.2 Å². The molecule has 0 amide bonds. The number of nitrogens with zero attached hydrogens (tertiary/aromatic N) is 3. The molecule has 0 aromatic heterocycles. The molecule has 0 aliphatic heterocycles. The minimum atomic E-state index is -1.18. The van der Waals surface area contributed by atoms with Crippen molar-refractivity contribution in [2.75, 3.05) is 6.61 Å². The van der Waals surface area contributed by atoms with Gasteiger partial charge < -0.3 is 9.57 Å². The smallest absolute Gasteiger partial charge is 0.336 e. The molecule has 0 spiro atoms. The maximum Gasteiger partial charge on any atom is 0.336 e. The highest BCUT2D eigenvalue weighted by atomic mass is 16.7. The summed E-state index contributed by atoms with van der Waals surface area (Å²) >= 11 is 0. The Morgan fingerprint density at radius 1 is 0.950 bits per heavy atom. The van der Waals surface area contributed by atoms with Gasteiger partial charge in [0.25, 0.3) is 6.08 Å². The molecule has 0 rings (SSSR count). The first-order chi connectivity index (χ1) is 9.63. The van der Waals surface area contributed by atoms with Gasteiger partial charge in [0, 0.05) is 18.0 Å². The predicted octanol–water partition coefficient (Wildman–Crippen LogP) is -0.508. The van der Waals surface area contributed by atoms with E-state index in [2.05, 4.69) is 24.7 Å². The Morgan fingerprint density at radius 3 is 2.10 bits per heavy atom. The molecule has 0 fully saturated rings. The zero-order chi connectivity index (χ0) is 15.2. The van der Waals surface area contributed by atoms with Crippen LogP contribution in [0.3, 0.4) is 0 Å². The fourth-order valence-corrected chi connectivity index (χ4v) is 0.957. The highest BCUT2D eigenvalue weighted by molar-refractivity contribution is 5.72. The molecule has 0 unspecified atom stereocenters. The van der Waals surface area contributed by atoms with Crippen LogP contribution < -0.4 is 0 Å². The summed E-state index contributed by atoms with van der Waals surface area (Å²) in [6.45, 7) is -0.413. The summed E-state index contributed by atoms with van der Waals surface area (Å²) in [6.07, 6.45) is 1.98. The number of esters is 1. The van der Waals surface area contributed by atoms with Crippen molar-refractivity contribution in [3.63, 3.8) is 0 Å². The minimum Gasteiger partial charge on any atom is -0.461 e. The predicted molar refractivity (Wildman–Crippen MR) is 59.1 cm³/mol. The number of carbonyl (C=O) groups is 2. The third-order valence-electron chi connectivity index (χ3n) is 1.74. The van der Waals surface area contributed by atoms with Crippen molar-refractivity contribution < 1.29 is 33.5 Å². The van der Waals surface area contributed by atoms with E-state index >= 15 is 0 Å². The van der Waals surface area contributed by atoms with E-state index in [0.29, 0.717) is 0 Å². The van der Waals surface area contributed by atoms with E-state index in [-0.39, 0.29) is 19.3 Å². The van der Waals surface area contributed by atoms with Crippen LogP contribution >= 0.6 is 0 Å². The Labute approximate surface area is 112 Å².